The van der Waals surface area contributed by atoms with Crippen LogP contribution >= 0.6 is 0 Å². The van der Waals surface area contributed by atoms with Gasteiger partial charge in [0.15, 0.2) is 0 Å². The van der Waals surface area contributed by atoms with Gasteiger partial charge in [-0.15, -0.1) is 0 Å². The van der Waals surface area contributed by atoms with Crippen LogP contribution < -0.4 is 10.6 Å². The fraction of sp³-hybridized carbons (Fsp3) is 0.474. The Labute approximate surface area is 160 Å². The lowest BCUT2D eigenvalue weighted by Crippen LogP contribution is -2.44. The van der Waals surface area contributed by atoms with Gasteiger partial charge in [-0.1, -0.05) is 25.5 Å². The van der Waals surface area contributed by atoms with Gasteiger partial charge in [-0.2, -0.15) is 0 Å². The lowest BCUT2D eigenvalue weighted by Gasteiger charge is -2.17. The maximum Gasteiger partial charge on any atom is 0.237 e. The van der Waals surface area contributed by atoms with Crippen LogP contribution in [0.3, 0.4) is 0 Å². The molecule has 2 aromatic heterocycles. The van der Waals surface area contributed by atoms with Crippen molar-refractivity contribution in [3.05, 3.63) is 48.3 Å². The number of carbonyl (C=O) groups is 1. The fourth-order valence-electron chi connectivity index (χ4n) is 2.57. The third-order valence-electron chi connectivity index (χ3n) is 3.88. The molecule has 0 aromatic carbocycles. The van der Waals surface area contributed by atoms with Crippen LogP contribution in [0.4, 0.5) is 0 Å². The van der Waals surface area contributed by atoms with Gasteiger partial charge in [0.05, 0.1) is 24.9 Å². The predicted octanol–water partition coefficient (Wildman–Crippen LogP) is 1.55. The molecule has 27 heavy (non-hydrogen) atoms. The van der Waals surface area contributed by atoms with Gasteiger partial charge >= 0.3 is 0 Å². The molecule has 1 atom stereocenters. The van der Waals surface area contributed by atoms with Gasteiger partial charge in [0.1, 0.15) is 6.33 Å². The molecule has 2 N–H and O–H groups in total. The number of methoxy groups -OCH3 is 1. The average molecular weight is 372 g/mol. The minimum atomic E-state index is -0.238. The molecule has 0 saturated heterocycles. The Kier molecular flexibility index (Phi) is 8.60. The summed E-state index contributed by atoms with van der Waals surface area (Å²) in [7, 11) is 1.65. The first-order valence-electron chi connectivity index (χ1n) is 9.12. The monoisotopic (exact) mass is 372 g/mol. The summed E-state index contributed by atoms with van der Waals surface area (Å²) < 4.78 is 6.71. The number of nitrogens with zero attached hydrogens (tertiary/aromatic N) is 4. The first-order chi connectivity index (χ1) is 13.1. The summed E-state index contributed by atoms with van der Waals surface area (Å²) in [5.74, 6) is 0.515. The van der Waals surface area contributed by atoms with Gasteiger partial charge in [0, 0.05) is 31.7 Å². The number of aromatic nitrogens is 4. The zero-order chi connectivity index (χ0) is 19.5. The van der Waals surface area contributed by atoms with Crippen LogP contribution in [-0.4, -0.2) is 51.7 Å². The quantitative estimate of drug-likeness (QED) is 0.581. The van der Waals surface area contributed by atoms with Crippen molar-refractivity contribution in [3.63, 3.8) is 0 Å². The molecular formula is C19H28N6O2. The van der Waals surface area contributed by atoms with Crippen LogP contribution in [0, 0.1) is 6.92 Å². The number of amides is 1. The highest BCUT2D eigenvalue weighted by atomic mass is 16.5. The van der Waals surface area contributed by atoms with Crippen molar-refractivity contribution in [3.8, 4) is 5.95 Å². The van der Waals surface area contributed by atoms with E-state index in [0.717, 1.165) is 24.2 Å². The number of aryl methyl sites for hydroxylation is 1. The molecule has 8 heteroatoms. The van der Waals surface area contributed by atoms with Crippen LogP contribution in [0.15, 0.2) is 36.9 Å². The Balaban J connectivity index is 1.94. The van der Waals surface area contributed by atoms with E-state index in [1.165, 1.54) is 0 Å². The van der Waals surface area contributed by atoms with E-state index in [0.29, 0.717) is 25.6 Å². The highest BCUT2D eigenvalue weighted by molar-refractivity contribution is 5.81. The molecule has 0 spiro atoms. The van der Waals surface area contributed by atoms with E-state index in [2.05, 4.69) is 32.5 Å². The maximum absolute atomic E-state index is 12.5. The normalized spacial score (nSPS) is 12.4. The molecule has 1 unspecified atom stereocenters. The molecule has 0 radical (unpaired) electrons. The molecule has 0 fully saturated rings. The molecule has 0 aliphatic carbocycles. The molecule has 2 heterocycles. The highest BCUT2D eigenvalue weighted by Gasteiger charge is 2.16. The van der Waals surface area contributed by atoms with Crippen molar-refractivity contribution in [2.75, 3.05) is 20.3 Å². The van der Waals surface area contributed by atoms with Crippen LogP contribution in [0.5, 0.6) is 0 Å². The molecule has 8 nitrogen and oxygen atoms in total. The summed E-state index contributed by atoms with van der Waals surface area (Å²) >= 11 is 0. The number of imidazole rings is 1. The van der Waals surface area contributed by atoms with Gasteiger partial charge in [0.2, 0.25) is 11.9 Å². The van der Waals surface area contributed by atoms with E-state index in [1.54, 1.807) is 30.4 Å². The van der Waals surface area contributed by atoms with Crippen LogP contribution in [0.2, 0.25) is 0 Å². The number of hydrogen-bond donors (Lipinski definition) is 2. The first-order valence-corrected chi connectivity index (χ1v) is 9.12. The summed E-state index contributed by atoms with van der Waals surface area (Å²) in [5, 5.41) is 6.23. The van der Waals surface area contributed by atoms with E-state index in [4.69, 9.17) is 4.74 Å². The molecule has 146 valence electrons. The topological polar surface area (TPSA) is 94.0 Å². The second-order valence-electron chi connectivity index (χ2n) is 6.16. The second-order valence-corrected chi connectivity index (χ2v) is 6.16. The van der Waals surface area contributed by atoms with E-state index in [9.17, 15) is 4.79 Å². The number of ether oxygens (including phenoxy) is 1. The summed E-state index contributed by atoms with van der Waals surface area (Å²) in [6.45, 7) is 5.51. The molecular weight excluding hydrogens is 344 g/mol. The van der Waals surface area contributed by atoms with Crippen molar-refractivity contribution < 1.29 is 9.53 Å². The van der Waals surface area contributed by atoms with Gasteiger partial charge in [-0.25, -0.2) is 15.0 Å². The molecule has 0 saturated carbocycles. The first kappa shape index (κ1) is 20.7. The second kappa shape index (κ2) is 11.2. The summed E-state index contributed by atoms with van der Waals surface area (Å²) in [4.78, 5) is 25.5. The molecule has 2 aromatic rings. The maximum atomic E-state index is 12.5. The Morgan fingerprint density at radius 3 is 2.93 bits per heavy atom. The average Bonchev–Trinajstić information content (AvgIpc) is 3.19. The summed E-state index contributed by atoms with van der Waals surface area (Å²) in [6.07, 6.45) is 10.7. The predicted molar refractivity (Wildman–Crippen MR) is 103 cm³/mol. The highest BCUT2D eigenvalue weighted by Crippen LogP contribution is 2.06. The standard InChI is InChI=1S/C19H28N6O2/c1-4-7-17(21-8-5-6-11-27-3)18(26)22-13-16-12-15(2)23-19(24-16)25-10-9-20-14-25/h5-6,9-10,12,14,17,21H,4,7-8,11,13H2,1-3H3,(H,22,26)/b6-5+. The van der Waals surface area contributed by atoms with E-state index < -0.39 is 0 Å². The Morgan fingerprint density at radius 1 is 1.37 bits per heavy atom. The van der Waals surface area contributed by atoms with Crippen LogP contribution in [-0.2, 0) is 16.1 Å². The number of rotatable bonds is 11. The lowest BCUT2D eigenvalue weighted by molar-refractivity contribution is -0.123. The molecule has 1 amide bonds. The molecule has 0 bridgehead atoms. The zero-order valence-corrected chi connectivity index (χ0v) is 16.2. The van der Waals surface area contributed by atoms with Gasteiger partial charge in [-0.3, -0.25) is 9.36 Å². The van der Waals surface area contributed by atoms with Gasteiger partial charge in [0.25, 0.3) is 0 Å². The number of hydrogen-bond acceptors (Lipinski definition) is 6. The van der Waals surface area contributed by atoms with E-state index in [-0.39, 0.29) is 11.9 Å². The van der Waals surface area contributed by atoms with Crippen LogP contribution in [0.25, 0.3) is 5.95 Å². The minimum Gasteiger partial charge on any atom is -0.381 e. The third-order valence-corrected chi connectivity index (χ3v) is 3.88. The number of carbonyl (C=O) groups excluding carboxylic acids is 1. The van der Waals surface area contributed by atoms with Gasteiger partial charge in [-0.05, 0) is 19.4 Å². The van der Waals surface area contributed by atoms with Crippen molar-refractivity contribution in [2.24, 2.45) is 0 Å². The lowest BCUT2D eigenvalue weighted by atomic mass is 10.1. The van der Waals surface area contributed by atoms with Crippen LogP contribution in [0.1, 0.15) is 31.2 Å². The van der Waals surface area contributed by atoms with E-state index in [1.807, 2.05) is 25.1 Å². The molecule has 0 aliphatic heterocycles. The zero-order valence-electron chi connectivity index (χ0n) is 16.2. The smallest absolute Gasteiger partial charge is 0.237 e. The molecule has 2 rings (SSSR count). The van der Waals surface area contributed by atoms with Crippen molar-refractivity contribution in [1.82, 2.24) is 30.2 Å². The van der Waals surface area contributed by atoms with E-state index >= 15 is 0 Å². The van der Waals surface area contributed by atoms with Gasteiger partial charge < -0.3 is 15.4 Å². The third kappa shape index (κ3) is 6.92. The SMILES string of the molecule is CCCC(NC/C=C/COC)C(=O)NCc1cc(C)nc(-n2ccnc2)n1. The van der Waals surface area contributed by atoms with Crippen molar-refractivity contribution >= 4 is 5.91 Å². The van der Waals surface area contributed by atoms with Crippen molar-refractivity contribution in [2.45, 2.75) is 39.3 Å². The minimum absolute atomic E-state index is 0.0302. The Hall–Kier alpha value is -2.58. The Bertz CT molecular complexity index is 730. The Morgan fingerprint density at radius 2 is 2.22 bits per heavy atom. The number of nitrogens with one attached hydrogen (secondary N) is 2. The fourth-order valence-corrected chi connectivity index (χ4v) is 2.57. The summed E-state index contributed by atoms with van der Waals surface area (Å²) in [5.41, 5.74) is 1.60. The van der Waals surface area contributed by atoms with Crippen molar-refractivity contribution in [1.29, 1.82) is 0 Å². The largest absolute Gasteiger partial charge is 0.381 e. The molecule has 0 aliphatic rings. The summed E-state index contributed by atoms with van der Waals surface area (Å²) in [6, 6.07) is 1.63.